The third-order valence-electron chi connectivity index (χ3n) is 18.3. The van der Waals surface area contributed by atoms with Crippen LogP contribution in [0.1, 0.15) is 401 Å². The molecule has 570 valence electrons. The van der Waals surface area contributed by atoms with E-state index in [2.05, 4.69) is 41.5 Å². The van der Waals surface area contributed by atoms with Crippen LogP contribution in [0.25, 0.3) is 0 Å². The standard InChI is InChI=1S/C77H150O17P2/c1-7-10-12-14-16-18-20-22-24-26-28-34-38-42-50-56-61-76(81)93-72(65-87-74(79)59-53-47-40-36-32-30-29-31-35-39-45-51-57-69(4)5)67-91-95(83,84)89-63-71(78)64-90-96(85,86)92-68-73(66-88-75(80)60-54-48-44-43-46-52-58-70(6)9-3)94-77(82)62-55-49-41-37-33-27-25-23-21-19-17-15-13-11-8-2/h69-73,78H,7-68H2,1-6H3,(H,83,84)(H,85,86)/t70?,71-,72-,73-/m1/s1. The molecule has 0 saturated carbocycles. The van der Waals surface area contributed by atoms with Gasteiger partial charge in [-0.3, -0.25) is 37.3 Å². The number of phosphoric ester groups is 2. The molecule has 0 heterocycles. The van der Waals surface area contributed by atoms with Crippen molar-refractivity contribution in [2.75, 3.05) is 39.6 Å². The van der Waals surface area contributed by atoms with E-state index in [9.17, 15) is 43.2 Å². The van der Waals surface area contributed by atoms with Gasteiger partial charge in [-0.15, -0.1) is 0 Å². The van der Waals surface area contributed by atoms with Gasteiger partial charge in [-0.25, -0.2) is 9.13 Å². The molecule has 0 bridgehead atoms. The van der Waals surface area contributed by atoms with E-state index in [1.807, 2.05) is 0 Å². The van der Waals surface area contributed by atoms with E-state index in [0.29, 0.717) is 25.7 Å². The zero-order chi connectivity index (χ0) is 70.7. The van der Waals surface area contributed by atoms with Gasteiger partial charge in [0, 0.05) is 25.7 Å². The maximum absolute atomic E-state index is 13.1. The monoisotopic (exact) mass is 1410 g/mol. The molecule has 3 unspecified atom stereocenters. The third-order valence-corrected chi connectivity index (χ3v) is 20.2. The first-order chi connectivity index (χ1) is 46.4. The molecular formula is C77H150O17P2. The summed E-state index contributed by atoms with van der Waals surface area (Å²) in [5.74, 6) is -0.600. The quantitative estimate of drug-likeness (QED) is 0.0222. The number of aliphatic hydroxyl groups excluding tert-OH is 1. The van der Waals surface area contributed by atoms with Crippen LogP contribution in [0.2, 0.25) is 0 Å². The Morgan fingerprint density at radius 3 is 0.792 bits per heavy atom. The summed E-state index contributed by atoms with van der Waals surface area (Å²) in [5.41, 5.74) is 0. The molecule has 0 aliphatic heterocycles. The molecular weight excluding hydrogens is 1260 g/mol. The summed E-state index contributed by atoms with van der Waals surface area (Å²) < 4.78 is 68.6. The summed E-state index contributed by atoms with van der Waals surface area (Å²) in [4.78, 5) is 72.9. The second-order valence-electron chi connectivity index (χ2n) is 28.5. The largest absolute Gasteiger partial charge is 0.472 e. The predicted molar refractivity (Wildman–Crippen MR) is 391 cm³/mol. The number of hydrogen-bond donors (Lipinski definition) is 3. The molecule has 0 radical (unpaired) electrons. The minimum absolute atomic E-state index is 0.107. The second kappa shape index (κ2) is 68.8. The summed E-state index contributed by atoms with van der Waals surface area (Å²) in [6.45, 7) is 9.59. The number of phosphoric acid groups is 2. The van der Waals surface area contributed by atoms with Crippen molar-refractivity contribution in [2.24, 2.45) is 11.8 Å². The number of hydrogen-bond acceptors (Lipinski definition) is 15. The van der Waals surface area contributed by atoms with Crippen LogP contribution >= 0.6 is 15.6 Å². The Balaban J connectivity index is 5.25. The zero-order valence-corrected chi connectivity index (χ0v) is 64.5. The molecule has 19 heteroatoms. The molecule has 0 aliphatic carbocycles. The van der Waals surface area contributed by atoms with Gasteiger partial charge in [0.05, 0.1) is 26.4 Å². The molecule has 0 spiro atoms. The van der Waals surface area contributed by atoms with Crippen molar-refractivity contribution < 1.29 is 80.2 Å². The lowest BCUT2D eigenvalue weighted by atomic mass is 10.00. The van der Waals surface area contributed by atoms with Crippen LogP contribution in [0.5, 0.6) is 0 Å². The molecule has 0 aromatic rings. The van der Waals surface area contributed by atoms with Crippen molar-refractivity contribution in [3.63, 3.8) is 0 Å². The molecule has 0 aliphatic rings. The number of rotatable bonds is 76. The van der Waals surface area contributed by atoms with Crippen LogP contribution in [0, 0.1) is 11.8 Å². The molecule has 17 nitrogen and oxygen atoms in total. The van der Waals surface area contributed by atoms with E-state index >= 15 is 0 Å². The minimum Gasteiger partial charge on any atom is -0.462 e. The number of carbonyl (C=O) groups is 4. The molecule has 0 saturated heterocycles. The van der Waals surface area contributed by atoms with E-state index in [4.69, 9.17) is 37.0 Å². The Morgan fingerprint density at radius 1 is 0.302 bits per heavy atom. The second-order valence-corrected chi connectivity index (χ2v) is 31.4. The van der Waals surface area contributed by atoms with Crippen LogP contribution in [0.3, 0.4) is 0 Å². The van der Waals surface area contributed by atoms with Gasteiger partial charge in [0.1, 0.15) is 19.3 Å². The first-order valence-corrected chi connectivity index (χ1v) is 43.0. The van der Waals surface area contributed by atoms with Crippen LogP contribution in [-0.2, 0) is 65.4 Å². The molecule has 0 fully saturated rings. The Labute approximate surface area is 588 Å². The molecule has 96 heavy (non-hydrogen) atoms. The van der Waals surface area contributed by atoms with Crippen molar-refractivity contribution in [3.8, 4) is 0 Å². The smallest absolute Gasteiger partial charge is 0.462 e. The highest BCUT2D eigenvalue weighted by Gasteiger charge is 2.30. The lowest BCUT2D eigenvalue weighted by molar-refractivity contribution is -0.161. The van der Waals surface area contributed by atoms with Gasteiger partial charge in [0.2, 0.25) is 0 Å². The number of carbonyl (C=O) groups excluding carboxylic acids is 4. The van der Waals surface area contributed by atoms with Crippen LogP contribution in [-0.4, -0.2) is 96.7 Å². The molecule has 0 amide bonds. The third kappa shape index (κ3) is 69.2. The predicted octanol–water partition coefficient (Wildman–Crippen LogP) is 22.7. The van der Waals surface area contributed by atoms with Gasteiger partial charge in [0.15, 0.2) is 12.2 Å². The van der Waals surface area contributed by atoms with Gasteiger partial charge < -0.3 is 33.8 Å². The molecule has 3 N–H and O–H groups in total. The van der Waals surface area contributed by atoms with Gasteiger partial charge in [-0.05, 0) is 37.5 Å². The van der Waals surface area contributed by atoms with Gasteiger partial charge >= 0.3 is 39.5 Å². The summed E-state index contributed by atoms with van der Waals surface area (Å²) in [6.07, 6.45) is 56.8. The molecule has 6 atom stereocenters. The van der Waals surface area contributed by atoms with Crippen molar-refractivity contribution >= 4 is 39.5 Å². The number of aliphatic hydroxyl groups is 1. The van der Waals surface area contributed by atoms with Crippen LogP contribution < -0.4 is 0 Å². The maximum atomic E-state index is 13.1. The van der Waals surface area contributed by atoms with Crippen molar-refractivity contribution in [3.05, 3.63) is 0 Å². The summed E-state index contributed by atoms with van der Waals surface area (Å²) in [7, 11) is -9.91. The molecule has 0 aromatic heterocycles. The van der Waals surface area contributed by atoms with E-state index in [0.717, 1.165) is 108 Å². The summed E-state index contributed by atoms with van der Waals surface area (Å²) >= 11 is 0. The average Bonchev–Trinajstić information content (AvgIpc) is 1.90. The SMILES string of the molecule is CCCCCCCCCCCCCCCCCCC(=O)O[C@H](COC(=O)CCCCCCCCCCCCCCC(C)C)COP(=O)(O)OC[C@@H](O)COP(=O)(O)OC[C@@H](COC(=O)CCCCCCCCC(C)CC)OC(=O)CCCCCCCCCCCCCCCCC. The Bertz CT molecular complexity index is 1860. The highest BCUT2D eigenvalue weighted by molar-refractivity contribution is 7.47. The fourth-order valence-electron chi connectivity index (χ4n) is 11.8. The lowest BCUT2D eigenvalue weighted by Gasteiger charge is -2.21. The summed E-state index contributed by atoms with van der Waals surface area (Å²) in [6, 6.07) is 0. The van der Waals surface area contributed by atoms with Gasteiger partial charge in [-0.2, -0.15) is 0 Å². The highest BCUT2D eigenvalue weighted by Crippen LogP contribution is 2.45. The zero-order valence-electron chi connectivity index (χ0n) is 62.7. The van der Waals surface area contributed by atoms with Crippen LogP contribution in [0.15, 0.2) is 0 Å². The first-order valence-electron chi connectivity index (χ1n) is 40.0. The van der Waals surface area contributed by atoms with E-state index in [1.165, 1.54) is 212 Å². The van der Waals surface area contributed by atoms with E-state index in [-0.39, 0.29) is 25.7 Å². The highest BCUT2D eigenvalue weighted by atomic mass is 31.2. The fraction of sp³-hybridized carbons (Fsp3) is 0.948. The molecule has 0 aromatic carbocycles. The average molecular weight is 1410 g/mol. The van der Waals surface area contributed by atoms with Gasteiger partial charge in [-0.1, -0.05) is 350 Å². The maximum Gasteiger partial charge on any atom is 0.472 e. The number of unbranched alkanes of at least 4 members (excludes halogenated alkanes) is 45. The van der Waals surface area contributed by atoms with E-state index < -0.39 is 97.5 Å². The lowest BCUT2D eigenvalue weighted by Crippen LogP contribution is -2.30. The van der Waals surface area contributed by atoms with Crippen LogP contribution in [0.4, 0.5) is 0 Å². The minimum atomic E-state index is -4.96. The van der Waals surface area contributed by atoms with Crippen molar-refractivity contribution in [2.45, 2.75) is 419 Å². The Morgan fingerprint density at radius 2 is 0.531 bits per heavy atom. The number of esters is 4. The fourth-order valence-corrected chi connectivity index (χ4v) is 13.4. The number of ether oxygens (including phenoxy) is 4. The Hall–Kier alpha value is -1.94. The molecule has 0 rings (SSSR count). The topological polar surface area (TPSA) is 237 Å². The first kappa shape index (κ1) is 94.1. The normalized spacial score (nSPS) is 14.3. The van der Waals surface area contributed by atoms with Gasteiger partial charge in [0.25, 0.3) is 0 Å². The van der Waals surface area contributed by atoms with Crippen molar-refractivity contribution in [1.82, 2.24) is 0 Å². The van der Waals surface area contributed by atoms with Crippen molar-refractivity contribution in [1.29, 1.82) is 0 Å². The Kier molecular flexibility index (Phi) is 67.4. The summed E-state index contributed by atoms with van der Waals surface area (Å²) in [5, 5.41) is 10.6. The van der Waals surface area contributed by atoms with E-state index in [1.54, 1.807) is 0 Å².